The van der Waals surface area contributed by atoms with E-state index in [0.29, 0.717) is 11.3 Å². The Morgan fingerprint density at radius 1 is 1.17 bits per heavy atom. The monoisotopic (exact) mass is 161 g/mol. The van der Waals surface area contributed by atoms with Crippen molar-refractivity contribution in [3.05, 3.63) is 24.0 Å². The Balaban J connectivity index is 2.79. The van der Waals surface area contributed by atoms with Crippen molar-refractivity contribution in [1.82, 2.24) is 15.2 Å². The van der Waals surface area contributed by atoms with E-state index in [1.807, 2.05) is 0 Å². The largest absolute Gasteiger partial charge is 0.508 e. The molecular formula is C8H7N3O. The summed E-state index contributed by atoms with van der Waals surface area (Å²) >= 11 is 0. The molecule has 2 rings (SSSR count). The molecule has 1 N–H and O–H groups in total. The van der Waals surface area contributed by atoms with Gasteiger partial charge in [-0.1, -0.05) is 0 Å². The second-order valence-corrected chi connectivity index (χ2v) is 2.53. The first-order valence-corrected chi connectivity index (χ1v) is 3.56. The number of nitrogens with zero attached hydrogens (tertiary/aromatic N) is 3. The molecule has 2 aromatic rings. The topological polar surface area (TPSA) is 58.9 Å². The van der Waals surface area contributed by atoms with E-state index in [0.717, 1.165) is 5.52 Å². The maximum atomic E-state index is 9.10. The summed E-state index contributed by atoms with van der Waals surface area (Å²) in [7, 11) is 0. The van der Waals surface area contributed by atoms with Gasteiger partial charge in [-0.05, 0) is 19.1 Å². The van der Waals surface area contributed by atoms with Gasteiger partial charge in [0, 0.05) is 6.07 Å². The van der Waals surface area contributed by atoms with Gasteiger partial charge in [0.15, 0.2) is 0 Å². The fraction of sp³-hybridized carbons (Fsp3) is 0.125. The van der Waals surface area contributed by atoms with Crippen LogP contribution in [0.1, 0.15) is 5.82 Å². The molecule has 4 heteroatoms. The van der Waals surface area contributed by atoms with E-state index >= 15 is 0 Å². The molecule has 1 aromatic carbocycles. The number of hydrogen-bond acceptors (Lipinski definition) is 4. The highest BCUT2D eigenvalue weighted by Crippen LogP contribution is 2.14. The van der Waals surface area contributed by atoms with E-state index in [9.17, 15) is 0 Å². The highest BCUT2D eigenvalue weighted by atomic mass is 16.3. The molecule has 0 aliphatic carbocycles. The maximum Gasteiger partial charge on any atom is 0.148 e. The van der Waals surface area contributed by atoms with E-state index in [1.165, 1.54) is 6.07 Å². The second kappa shape index (κ2) is 2.41. The zero-order valence-corrected chi connectivity index (χ0v) is 6.52. The summed E-state index contributed by atoms with van der Waals surface area (Å²) < 4.78 is 0. The number of phenols is 1. The van der Waals surface area contributed by atoms with E-state index in [-0.39, 0.29) is 5.75 Å². The minimum atomic E-state index is 0.183. The number of benzene rings is 1. The maximum absolute atomic E-state index is 9.10. The van der Waals surface area contributed by atoms with E-state index in [4.69, 9.17) is 5.11 Å². The zero-order valence-electron chi connectivity index (χ0n) is 6.52. The fourth-order valence-corrected chi connectivity index (χ4v) is 1.01. The lowest BCUT2D eigenvalue weighted by Gasteiger charge is -1.96. The molecule has 60 valence electrons. The summed E-state index contributed by atoms with van der Waals surface area (Å²) in [5, 5.41) is 16.7. The first-order valence-electron chi connectivity index (χ1n) is 3.56. The van der Waals surface area contributed by atoms with E-state index < -0.39 is 0 Å². The lowest BCUT2D eigenvalue weighted by atomic mass is 10.3. The Labute approximate surface area is 68.9 Å². The molecule has 0 radical (unpaired) electrons. The smallest absolute Gasteiger partial charge is 0.148 e. The summed E-state index contributed by atoms with van der Waals surface area (Å²) in [5.41, 5.74) is 1.36. The SMILES string of the molecule is Cc1nnc2cc(O)ccc2n1. The van der Waals surface area contributed by atoms with Gasteiger partial charge in [0.05, 0.1) is 5.52 Å². The number of phenolic OH excluding ortho intramolecular Hbond substituents is 1. The van der Waals surface area contributed by atoms with Crippen LogP contribution in [0.25, 0.3) is 11.0 Å². The van der Waals surface area contributed by atoms with Crippen LogP contribution < -0.4 is 0 Å². The van der Waals surface area contributed by atoms with Crippen molar-refractivity contribution in [2.75, 3.05) is 0 Å². The van der Waals surface area contributed by atoms with Crippen molar-refractivity contribution in [3.63, 3.8) is 0 Å². The molecule has 0 saturated carbocycles. The molecule has 12 heavy (non-hydrogen) atoms. The van der Waals surface area contributed by atoms with E-state index in [1.54, 1.807) is 19.1 Å². The van der Waals surface area contributed by atoms with Gasteiger partial charge in [0.25, 0.3) is 0 Å². The van der Waals surface area contributed by atoms with Crippen LogP contribution in [0.3, 0.4) is 0 Å². The molecular weight excluding hydrogens is 154 g/mol. The van der Waals surface area contributed by atoms with Crippen LogP contribution in [0.4, 0.5) is 0 Å². The molecule has 0 fully saturated rings. The molecule has 0 unspecified atom stereocenters. The third-order valence-electron chi connectivity index (χ3n) is 1.54. The van der Waals surface area contributed by atoms with Crippen LogP contribution in [0.2, 0.25) is 0 Å². The van der Waals surface area contributed by atoms with Gasteiger partial charge in [-0.25, -0.2) is 4.98 Å². The van der Waals surface area contributed by atoms with Crippen LogP contribution in [0.5, 0.6) is 5.75 Å². The molecule has 0 aliphatic heterocycles. The third-order valence-corrected chi connectivity index (χ3v) is 1.54. The van der Waals surface area contributed by atoms with Crippen molar-refractivity contribution in [2.24, 2.45) is 0 Å². The van der Waals surface area contributed by atoms with Crippen molar-refractivity contribution >= 4 is 11.0 Å². The van der Waals surface area contributed by atoms with Gasteiger partial charge >= 0.3 is 0 Å². The zero-order chi connectivity index (χ0) is 8.55. The first-order chi connectivity index (χ1) is 5.75. The molecule has 0 bridgehead atoms. The van der Waals surface area contributed by atoms with Crippen LogP contribution >= 0.6 is 0 Å². The lowest BCUT2D eigenvalue weighted by molar-refractivity contribution is 0.476. The predicted octanol–water partition coefficient (Wildman–Crippen LogP) is 1.04. The molecule has 0 amide bonds. The molecule has 0 atom stereocenters. The van der Waals surface area contributed by atoms with Crippen LogP contribution in [-0.4, -0.2) is 20.3 Å². The molecule has 1 aromatic heterocycles. The van der Waals surface area contributed by atoms with Gasteiger partial charge in [0.1, 0.15) is 17.1 Å². The first kappa shape index (κ1) is 6.97. The Morgan fingerprint density at radius 3 is 2.83 bits per heavy atom. The molecule has 4 nitrogen and oxygen atoms in total. The average Bonchev–Trinajstić information content (AvgIpc) is 2.05. The Hall–Kier alpha value is -1.71. The summed E-state index contributed by atoms with van der Waals surface area (Å²) in [6.45, 7) is 1.78. The van der Waals surface area contributed by atoms with Crippen LogP contribution in [0, 0.1) is 6.92 Å². The predicted molar refractivity (Wildman–Crippen MR) is 43.7 cm³/mol. The number of aryl methyl sites for hydroxylation is 1. The average molecular weight is 161 g/mol. The highest BCUT2D eigenvalue weighted by molar-refractivity contribution is 5.74. The van der Waals surface area contributed by atoms with Crippen molar-refractivity contribution in [3.8, 4) is 5.75 Å². The molecule has 0 spiro atoms. The molecule has 0 saturated heterocycles. The number of hydrogen-bond donors (Lipinski definition) is 1. The van der Waals surface area contributed by atoms with Crippen LogP contribution in [0.15, 0.2) is 18.2 Å². The molecule has 1 heterocycles. The minimum Gasteiger partial charge on any atom is -0.508 e. The lowest BCUT2D eigenvalue weighted by Crippen LogP contribution is -1.91. The van der Waals surface area contributed by atoms with Gasteiger partial charge < -0.3 is 5.11 Å². The second-order valence-electron chi connectivity index (χ2n) is 2.53. The summed E-state index contributed by atoms with van der Waals surface area (Å²) in [4.78, 5) is 4.13. The van der Waals surface area contributed by atoms with Crippen molar-refractivity contribution in [2.45, 2.75) is 6.92 Å². The van der Waals surface area contributed by atoms with Gasteiger partial charge in [-0.3, -0.25) is 0 Å². The quantitative estimate of drug-likeness (QED) is 0.627. The normalized spacial score (nSPS) is 10.4. The van der Waals surface area contributed by atoms with Crippen molar-refractivity contribution < 1.29 is 5.11 Å². The summed E-state index contributed by atoms with van der Waals surface area (Å²) in [5.74, 6) is 0.815. The van der Waals surface area contributed by atoms with Gasteiger partial charge in [-0.2, -0.15) is 0 Å². The molecule has 0 aliphatic rings. The third kappa shape index (κ3) is 1.07. The number of aromatic nitrogens is 3. The van der Waals surface area contributed by atoms with Gasteiger partial charge in [0.2, 0.25) is 0 Å². The Bertz CT molecular complexity index is 386. The minimum absolute atomic E-state index is 0.183. The van der Waals surface area contributed by atoms with E-state index in [2.05, 4.69) is 15.2 Å². The Kier molecular flexibility index (Phi) is 1.40. The van der Waals surface area contributed by atoms with Gasteiger partial charge in [-0.15, -0.1) is 10.2 Å². The fourth-order valence-electron chi connectivity index (χ4n) is 1.01. The van der Waals surface area contributed by atoms with Crippen LogP contribution in [-0.2, 0) is 0 Å². The number of rotatable bonds is 0. The van der Waals surface area contributed by atoms with Crippen molar-refractivity contribution in [1.29, 1.82) is 0 Å². The number of aromatic hydroxyl groups is 1. The summed E-state index contributed by atoms with van der Waals surface area (Å²) in [6, 6.07) is 4.83. The number of fused-ring (bicyclic) bond motifs is 1. The highest BCUT2D eigenvalue weighted by Gasteiger charge is 1.98. The Morgan fingerprint density at radius 2 is 2.00 bits per heavy atom. The summed E-state index contributed by atoms with van der Waals surface area (Å²) in [6.07, 6.45) is 0. The standard InChI is InChI=1S/C8H7N3O/c1-5-9-7-3-2-6(12)4-8(7)11-10-5/h2-4,12H,1H3.